The second-order valence-corrected chi connectivity index (χ2v) is 7.07. The number of hydrogen-bond acceptors (Lipinski definition) is 6. The summed E-state index contributed by atoms with van der Waals surface area (Å²) in [6.45, 7) is 0.246. The van der Waals surface area contributed by atoms with Crippen molar-refractivity contribution in [1.29, 1.82) is 5.26 Å². The van der Waals surface area contributed by atoms with Crippen LogP contribution in [-0.2, 0) is 6.54 Å². The molecule has 0 spiro atoms. The molecule has 5 rings (SSSR count). The van der Waals surface area contributed by atoms with E-state index in [0.717, 1.165) is 11.1 Å². The molecule has 1 aliphatic rings. The lowest BCUT2D eigenvalue weighted by Crippen LogP contribution is -2.23. The number of amides is 1. The van der Waals surface area contributed by atoms with Crippen LogP contribution in [0.2, 0.25) is 0 Å². The maximum Gasteiger partial charge on any atom is 0.314 e. The number of anilines is 1. The average molecular weight is 429 g/mol. The maximum atomic E-state index is 13.2. The fourth-order valence-electron chi connectivity index (χ4n) is 3.63. The van der Waals surface area contributed by atoms with Gasteiger partial charge in [-0.05, 0) is 29.8 Å². The summed E-state index contributed by atoms with van der Waals surface area (Å²) >= 11 is 0. The van der Waals surface area contributed by atoms with Crippen molar-refractivity contribution in [1.82, 2.24) is 15.2 Å². The number of hydrogen-bond donors (Lipinski definition) is 0. The Morgan fingerprint density at radius 1 is 1.03 bits per heavy atom. The van der Waals surface area contributed by atoms with Crippen LogP contribution >= 0.6 is 0 Å². The third-order valence-electron chi connectivity index (χ3n) is 5.13. The Morgan fingerprint density at radius 3 is 2.66 bits per heavy atom. The van der Waals surface area contributed by atoms with Crippen LogP contribution in [0.15, 0.2) is 65.2 Å². The molecule has 0 saturated heterocycles. The summed E-state index contributed by atoms with van der Waals surface area (Å²) in [5.74, 6) is -1.20. The molecule has 0 atom stereocenters. The molecule has 1 aliphatic heterocycles. The summed E-state index contributed by atoms with van der Waals surface area (Å²) in [5, 5.41) is 16.2. The molecule has 9 heteroatoms. The zero-order chi connectivity index (χ0) is 22.2. The minimum Gasteiger partial charge on any atom is -0.415 e. The van der Waals surface area contributed by atoms with Gasteiger partial charge in [-0.25, -0.2) is 0 Å². The first-order valence-corrected chi connectivity index (χ1v) is 9.57. The molecule has 0 saturated carbocycles. The minimum absolute atomic E-state index is 0.129. The van der Waals surface area contributed by atoms with Gasteiger partial charge in [-0.3, -0.25) is 9.78 Å². The monoisotopic (exact) mass is 429 g/mol. The molecule has 4 aromatic rings. The fourth-order valence-corrected chi connectivity index (χ4v) is 3.63. The van der Waals surface area contributed by atoms with Crippen molar-refractivity contribution in [2.75, 3.05) is 4.90 Å². The largest absolute Gasteiger partial charge is 0.415 e. The fraction of sp³-hybridized carbons (Fsp3) is 0.0870. The lowest BCUT2D eigenvalue weighted by molar-refractivity contribution is 0.0996. The predicted octanol–water partition coefficient (Wildman–Crippen LogP) is 4.77. The Bertz CT molecular complexity index is 1390. The number of nitriles is 1. The van der Waals surface area contributed by atoms with Crippen molar-refractivity contribution < 1.29 is 18.0 Å². The quantitative estimate of drug-likeness (QED) is 0.464. The van der Waals surface area contributed by atoms with Gasteiger partial charge in [0.15, 0.2) is 0 Å². The SMILES string of the molecule is N#Cc1cccc(-c2ccccc2N2Cc3ncc(-c4nnc(C(F)F)o4)cc3C2=O)c1. The summed E-state index contributed by atoms with van der Waals surface area (Å²) in [6.07, 6.45) is -1.47. The average Bonchev–Trinajstić information content (AvgIpc) is 3.44. The van der Waals surface area contributed by atoms with Crippen molar-refractivity contribution in [3.63, 3.8) is 0 Å². The van der Waals surface area contributed by atoms with E-state index >= 15 is 0 Å². The number of nitrogens with zero attached hydrogens (tertiary/aromatic N) is 5. The number of rotatable bonds is 4. The van der Waals surface area contributed by atoms with Gasteiger partial charge in [0.25, 0.3) is 11.8 Å². The number of pyridine rings is 1. The van der Waals surface area contributed by atoms with Crippen molar-refractivity contribution in [2.45, 2.75) is 13.0 Å². The van der Waals surface area contributed by atoms with E-state index in [2.05, 4.69) is 21.3 Å². The summed E-state index contributed by atoms with van der Waals surface area (Å²) in [5.41, 5.74) is 3.96. The molecule has 2 aromatic heterocycles. The summed E-state index contributed by atoms with van der Waals surface area (Å²) in [4.78, 5) is 19.2. The third kappa shape index (κ3) is 3.28. The van der Waals surface area contributed by atoms with E-state index in [9.17, 15) is 18.8 Å². The van der Waals surface area contributed by atoms with Crippen LogP contribution < -0.4 is 4.90 Å². The molecule has 0 bridgehead atoms. The molecule has 0 unspecified atom stereocenters. The Morgan fingerprint density at radius 2 is 1.88 bits per heavy atom. The van der Waals surface area contributed by atoms with E-state index in [0.29, 0.717) is 22.5 Å². The van der Waals surface area contributed by atoms with Gasteiger partial charge in [-0.15, -0.1) is 10.2 Å². The standard InChI is InChI=1S/C23H13F2N5O2/c24-20(25)22-29-28-21(32-22)15-9-17-18(27-11-15)12-30(23(17)31)19-7-2-1-6-16(19)14-5-3-4-13(8-14)10-26/h1-9,11,20H,12H2. The molecule has 0 fully saturated rings. The molecular formula is C23H13F2N5O2. The van der Waals surface area contributed by atoms with Gasteiger partial charge in [0, 0.05) is 11.8 Å². The molecule has 32 heavy (non-hydrogen) atoms. The first-order valence-electron chi connectivity index (χ1n) is 9.57. The van der Waals surface area contributed by atoms with Crippen LogP contribution in [0.25, 0.3) is 22.6 Å². The van der Waals surface area contributed by atoms with Gasteiger partial charge in [-0.2, -0.15) is 14.0 Å². The first-order chi connectivity index (χ1) is 15.5. The van der Waals surface area contributed by atoms with Crippen molar-refractivity contribution >= 4 is 11.6 Å². The number of halogens is 2. The van der Waals surface area contributed by atoms with Crippen LogP contribution in [0.1, 0.15) is 33.9 Å². The third-order valence-corrected chi connectivity index (χ3v) is 5.13. The van der Waals surface area contributed by atoms with Gasteiger partial charge in [0.1, 0.15) is 0 Å². The summed E-state index contributed by atoms with van der Waals surface area (Å²) in [7, 11) is 0. The predicted molar refractivity (Wildman–Crippen MR) is 110 cm³/mol. The first kappa shape index (κ1) is 19.5. The van der Waals surface area contributed by atoms with Gasteiger partial charge in [-0.1, -0.05) is 30.3 Å². The van der Waals surface area contributed by atoms with Crippen LogP contribution in [0.4, 0.5) is 14.5 Å². The van der Waals surface area contributed by atoms with Crippen molar-refractivity contribution in [3.8, 4) is 28.7 Å². The minimum atomic E-state index is -2.88. The van der Waals surface area contributed by atoms with Crippen molar-refractivity contribution in [3.05, 3.63) is 83.5 Å². The summed E-state index contributed by atoms with van der Waals surface area (Å²) < 4.78 is 30.5. The molecular weight excluding hydrogens is 416 g/mol. The van der Waals surface area contributed by atoms with Gasteiger partial charge >= 0.3 is 6.43 Å². The summed E-state index contributed by atoms with van der Waals surface area (Å²) in [6, 6.07) is 18.2. The number of alkyl halides is 2. The maximum absolute atomic E-state index is 13.2. The molecule has 3 heterocycles. The highest BCUT2D eigenvalue weighted by Crippen LogP contribution is 2.36. The smallest absolute Gasteiger partial charge is 0.314 e. The number of aromatic nitrogens is 3. The highest BCUT2D eigenvalue weighted by molar-refractivity contribution is 6.11. The highest BCUT2D eigenvalue weighted by atomic mass is 19.3. The van der Waals surface area contributed by atoms with Gasteiger partial charge in [0.2, 0.25) is 5.89 Å². The van der Waals surface area contributed by atoms with E-state index in [1.807, 2.05) is 30.3 Å². The molecule has 0 radical (unpaired) electrons. The van der Waals surface area contributed by atoms with E-state index in [-0.39, 0.29) is 23.9 Å². The van der Waals surface area contributed by atoms with E-state index in [1.54, 1.807) is 23.1 Å². The van der Waals surface area contributed by atoms with Crippen molar-refractivity contribution in [2.24, 2.45) is 0 Å². The number of carbonyl (C=O) groups excluding carboxylic acids is 1. The van der Waals surface area contributed by atoms with E-state index in [1.165, 1.54) is 12.3 Å². The van der Waals surface area contributed by atoms with Crippen LogP contribution in [0, 0.1) is 11.3 Å². The molecule has 1 amide bonds. The zero-order valence-electron chi connectivity index (χ0n) is 16.4. The molecule has 156 valence electrons. The second-order valence-electron chi connectivity index (χ2n) is 7.07. The van der Waals surface area contributed by atoms with Crippen LogP contribution in [0.3, 0.4) is 0 Å². The second kappa shape index (κ2) is 7.67. The number of para-hydroxylation sites is 1. The van der Waals surface area contributed by atoms with E-state index in [4.69, 9.17) is 4.42 Å². The Kier molecular flexibility index (Phi) is 4.67. The number of benzene rings is 2. The Balaban J connectivity index is 1.51. The topological polar surface area (TPSA) is 95.9 Å². The number of carbonyl (C=O) groups is 1. The zero-order valence-corrected chi connectivity index (χ0v) is 16.4. The highest BCUT2D eigenvalue weighted by Gasteiger charge is 2.32. The van der Waals surface area contributed by atoms with Crippen LogP contribution in [0.5, 0.6) is 0 Å². The lowest BCUT2D eigenvalue weighted by atomic mass is 10.0. The lowest BCUT2D eigenvalue weighted by Gasteiger charge is -2.19. The molecule has 2 aromatic carbocycles. The molecule has 0 aliphatic carbocycles. The van der Waals surface area contributed by atoms with Crippen LogP contribution in [-0.4, -0.2) is 21.1 Å². The normalized spacial score (nSPS) is 12.8. The Hall–Kier alpha value is -4.45. The molecule has 0 N–H and O–H groups in total. The number of fused-ring (bicyclic) bond motifs is 1. The van der Waals surface area contributed by atoms with Gasteiger partial charge in [0.05, 0.1) is 40.7 Å². The Labute approximate surface area is 180 Å². The van der Waals surface area contributed by atoms with E-state index < -0.39 is 12.3 Å². The molecule has 7 nitrogen and oxygen atoms in total. The van der Waals surface area contributed by atoms with Gasteiger partial charge < -0.3 is 9.32 Å².